The van der Waals surface area contributed by atoms with E-state index in [-0.39, 0.29) is 54.6 Å². The van der Waals surface area contributed by atoms with Crippen molar-refractivity contribution in [3.05, 3.63) is 88.0 Å². The Kier molecular flexibility index (Phi) is 11.6. The van der Waals surface area contributed by atoms with E-state index in [0.717, 1.165) is 0 Å². The molecule has 0 saturated heterocycles. The van der Waals surface area contributed by atoms with Crippen LogP contribution in [0, 0.1) is 0 Å². The van der Waals surface area contributed by atoms with Crippen molar-refractivity contribution < 1.29 is 79.0 Å². The zero-order chi connectivity index (χ0) is 38.3. The number of hydrogen-bond acceptors (Lipinski definition) is 3. The van der Waals surface area contributed by atoms with Crippen molar-refractivity contribution in [2.24, 2.45) is 0 Å². The Labute approximate surface area is 276 Å². The van der Waals surface area contributed by atoms with E-state index < -0.39 is 112 Å². The topological polar surface area (TPSA) is 36.1 Å². The van der Waals surface area contributed by atoms with Gasteiger partial charge < -0.3 is 0 Å². The minimum atomic E-state index is -5.30. The Morgan fingerprint density at radius 2 is 0.500 bits per heavy atom. The van der Waals surface area contributed by atoms with Crippen molar-refractivity contribution in [1.82, 2.24) is 0 Å². The van der Waals surface area contributed by atoms with Gasteiger partial charge in [-0.25, -0.2) is 0 Å². The van der Waals surface area contributed by atoms with Gasteiger partial charge in [0, 0.05) is 0 Å². The molecule has 0 aliphatic rings. The fourth-order valence-corrected chi connectivity index (χ4v) is 7.01. The molecule has 3 nitrogen and oxygen atoms in total. The number of hydrogen-bond donors (Lipinski definition) is 3. The molecule has 0 fully saturated rings. The summed E-state index contributed by atoms with van der Waals surface area (Å²) in [5, 5.41) is 6.73. The molecule has 0 saturated carbocycles. The summed E-state index contributed by atoms with van der Waals surface area (Å²) in [7, 11) is 0. The van der Waals surface area contributed by atoms with Crippen LogP contribution in [0.2, 0.25) is 0 Å². The molecule has 0 aliphatic heterocycles. The fourth-order valence-electron chi connectivity index (χ4n) is 4.04. The number of alkyl halides is 18. The van der Waals surface area contributed by atoms with Gasteiger partial charge in [-0.1, -0.05) is 0 Å². The first-order valence-corrected chi connectivity index (χ1v) is 17.6. The van der Waals surface area contributed by atoms with Crippen LogP contribution in [0.15, 0.2) is 54.6 Å². The van der Waals surface area contributed by atoms with E-state index in [1.807, 2.05) is 0 Å². The first kappa shape index (κ1) is 41.2. The van der Waals surface area contributed by atoms with Crippen molar-refractivity contribution in [3.63, 3.8) is 0 Å². The molecule has 278 valence electrons. The number of benzene rings is 3. The molecule has 0 unspecified atom stereocenters. The molecule has 0 bridgehead atoms. The van der Waals surface area contributed by atoms with Crippen LogP contribution >= 0.6 is 5.51 Å². The molecule has 0 atom stereocenters. The van der Waals surface area contributed by atoms with Crippen molar-refractivity contribution in [3.8, 4) is 0 Å². The van der Waals surface area contributed by atoms with Gasteiger partial charge in [0.2, 0.25) is 0 Å². The summed E-state index contributed by atoms with van der Waals surface area (Å²) < 4.78 is 240. The van der Waals surface area contributed by atoms with Gasteiger partial charge in [-0.05, 0) is 0 Å². The Bertz CT molecular complexity index is 1420. The maximum absolute atomic E-state index is 13.4. The van der Waals surface area contributed by atoms with Crippen molar-refractivity contribution in [1.29, 1.82) is 0 Å². The van der Waals surface area contributed by atoms with Crippen LogP contribution in [0.1, 0.15) is 33.4 Å². The van der Waals surface area contributed by atoms with Crippen LogP contribution < -0.4 is 16.0 Å². The summed E-state index contributed by atoms with van der Waals surface area (Å²) in [5.74, 6) is 0. The quantitative estimate of drug-likeness (QED) is 0.114. The van der Waals surface area contributed by atoms with E-state index in [0.29, 0.717) is 0 Å². The van der Waals surface area contributed by atoms with Gasteiger partial charge in [0.15, 0.2) is 0 Å². The molecule has 23 heteroatoms. The van der Waals surface area contributed by atoms with Gasteiger partial charge in [-0.3, -0.25) is 0 Å². The third-order valence-corrected chi connectivity index (χ3v) is 11.1. The van der Waals surface area contributed by atoms with E-state index in [1.165, 1.54) is 0 Å². The van der Waals surface area contributed by atoms with E-state index in [9.17, 15) is 79.0 Å². The van der Waals surface area contributed by atoms with Gasteiger partial charge >= 0.3 is 277 Å². The summed E-state index contributed by atoms with van der Waals surface area (Å²) in [5.41, 5.74) is -16.6. The molecule has 3 rings (SSSR count). The van der Waals surface area contributed by atoms with Crippen LogP contribution in [0.4, 0.5) is 96.1 Å². The molecule has 0 aliphatic carbocycles. The first-order valence-electron chi connectivity index (χ1n) is 13.0. The molecule has 3 aromatic rings. The van der Waals surface area contributed by atoms with Crippen LogP contribution in [0.25, 0.3) is 0 Å². The molecule has 3 N–H and O–H groups in total. The minimum absolute atomic E-state index is 0.216. The standard InChI is InChI=1S/C27H18F18N3PSe/c28-22(29,30)13-1-14(23(31,32)33)5-19(4-13)46-10-49(50,11-47-20-6-15(24(34,35)36)2-16(7-20)25(37,38)39)12-48-21-8-17(26(40,41)42)3-18(9-21)27(43,44)45/h1-9,46-48H,10-12H2. The van der Waals surface area contributed by atoms with Crippen LogP contribution in [0.3, 0.4) is 0 Å². The molecule has 0 spiro atoms. The Morgan fingerprint density at radius 1 is 0.340 bits per heavy atom. The summed E-state index contributed by atoms with van der Waals surface area (Å²) in [6.45, 7) is 0. The van der Waals surface area contributed by atoms with Crippen molar-refractivity contribution >= 4 is 37.7 Å². The average molecular weight is 836 g/mol. The average Bonchev–Trinajstić information content (AvgIpc) is 2.95. The molecule has 0 heterocycles. The number of nitrogens with one attached hydrogen (secondary N) is 3. The van der Waals surface area contributed by atoms with Gasteiger partial charge in [0.1, 0.15) is 0 Å². The van der Waals surface area contributed by atoms with Crippen molar-refractivity contribution in [2.45, 2.75) is 37.1 Å². The second kappa shape index (κ2) is 14.1. The van der Waals surface area contributed by atoms with Crippen LogP contribution in [-0.4, -0.2) is 34.0 Å². The summed E-state index contributed by atoms with van der Waals surface area (Å²) in [6.07, 6.45) is -34.0. The van der Waals surface area contributed by atoms with Gasteiger partial charge in [-0.15, -0.1) is 0 Å². The SMILES string of the molecule is FC(F)(F)c1cc(NCP(=[Se])(CNc2cc(C(F)(F)F)cc(C(F)(F)F)c2)CNc2cc(C(F)(F)F)cc(C(F)(F)F)c2)cc(C(F)(F)F)c1. The summed E-state index contributed by atoms with van der Waals surface area (Å²) >= 11 is 2.46. The second-order valence-corrected chi connectivity index (χ2v) is 18.4. The molecule has 0 aromatic heterocycles. The predicted octanol–water partition coefficient (Wildman–Crippen LogP) is 11.4. The monoisotopic (exact) mass is 837 g/mol. The molecule has 50 heavy (non-hydrogen) atoms. The van der Waals surface area contributed by atoms with E-state index in [4.69, 9.17) is 0 Å². The third-order valence-electron chi connectivity index (χ3n) is 6.48. The normalized spacial score (nSPS) is 13.7. The van der Waals surface area contributed by atoms with E-state index in [1.54, 1.807) is 0 Å². The summed E-state index contributed by atoms with van der Waals surface area (Å²) in [6, 6.07) is 0.801. The zero-order valence-electron chi connectivity index (χ0n) is 24.0. The number of anilines is 3. The van der Waals surface area contributed by atoms with Crippen molar-refractivity contribution in [2.75, 3.05) is 34.8 Å². The number of halogens is 18. The van der Waals surface area contributed by atoms with Gasteiger partial charge in [0.05, 0.1) is 0 Å². The zero-order valence-corrected chi connectivity index (χ0v) is 26.6. The summed E-state index contributed by atoms with van der Waals surface area (Å²) in [4.78, 5) is 0. The molecular weight excluding hydrogens is 818 g/mol. The molecule has 0 amide bonds. The Morgan fingerprint density at radius 3 is 0.640 bits per heavy atom. The van der Waals surface area contributed by atoms with E-state index >= 15 is 0 Å². The predicted molar refractivity (Wildman–Crippen MR) is 147 cm³/mol. The van der Waals surface area contributed by atoms with E-state index in [2.05, 4.69) is 31.0 Å². The molecule has 0 radical (unpaired) electrons. The Hall–Kier alpha value is -3.25. The first-order chi connectivity index (χ1) is 22.4. The second-order valence-electron chi connectivity index (χ2n) is 10.4. The Balaban J connectivity index is 2.06. The molecular formula is C27H18F18N3PSe. The van der Waals surface area contributed by atoms with Gasteiger partial charge in [-0.2, -0.15) is 0 Å². The maximum atomic E-state index is 13.4. The number of rotatable bonds is 9. The van der Waals surface area contributed by atoms with Crippen LogP contribution in [0.5, 0.6) is 0 Å². The third kappa shape index (κ3) is 11.4. The fraction of sp³-hybridized carbons (Fsp3) is 0.333. The molecule has 3 aromatic carbocycles. The van der Waals surface area contributed by atoms with Crippen LogP contribution in [-0.2, 0) is 37.1 Å². The van der Waals surface area contributed by atoms with Gasteiger partial charge in [0.25, 0.3) is 0 Å².